The monoisotopic (exact) mass is 293 g/mol. The van der Waals surface area contributed by atoms with Gasteiger partial charge in [-0.15, -0.1) is 0 Å². The highest BCUT2D eigenvalue weighted by Gasteiger charge is 2.28. The molecule has 92 valence electrons. The third-order valence-electron chi connectivity index (χ3n) is 4.31. The van der Waals surface area contributed by atoms with Gasteiger partial charge in [0.1, 0.15) is 0 Å². The van der Waals surface area contributed by atoms with Gasteiger partial charge in [0.05, 0.1) is 0 Å². The van der Waals surface area contributed by atoms with Gasteiger partial charge in [0.2, 0.25) is 0 Å². The zero-order valence-electron chi connectivity index (χ0n) is 10.4. The molecule has 1 nitrogen and oxygen atoms in total. The Morgan fingerprint density at radius 1 is 1.24 bits per heavy atom. The highest BCUT2D eigenvalue weighted by molar-refractivity contribution is 9.10. The van der Waals surface area contributed by atoms with E-state index in [-0.39, 0.29) is 0 Å². The number of hydrogen-bond acceptors (Lipinski definition) is 1. The summed E-state index contributed by atoms with van der Waals surface area (Å²) in [5.41, 5.74) is 3.07. The van der Waals surface area contributed by atoms with E-state index in [1.165, 1.54) is 47.7 Å². The van der Waals surface area contributed by atoms with Crippen LogP contribution in [-0.2, 0) is 6.42 Å². The van der Waals surface area contributed by atoms with Crippen LogP contribution in [0.25, 0.3) is 0 Å². The molecule has 0 aliphatic heterocycles. The van der Waals surface area contributed by atoms with E-state index in [0.717, 1.165) is 12.0 Å². The van der Waals surface area contributed by atoms with Crippen molar-refractivity contribution in [2.24, 2.45) is 5.92 Å². The SMILES string of the molecule is CC1CCC(NC2CCc3cc(Br)ccc32)C1. The van der Waals surface area contributed by atoms with E-state index in [1.807, 2.05) is 0 Å². The van der Waals surface area contributed by atoms with Crippen LogP contribution < -0.4 is 5.32 Å². The molecule has 1 aromatic carbocycles. The van der Waals surface area contributed by atoms with Crippen LogP contribution in [0.4, 0.5) is 0 Å². The Kier molecular flexibility index (Phi) is 3.27. The first kappa shape index (κ1) is 11.7. The molecule has 3 rings (SSSR count). The van der Waals surface area contributed by atoms with Gasteiger partial charge in [0.25, 0.3) is 0 Å². The highest BCUT2D eigenvalue weighted by atomic mass is 79.9. The molecule has 2 aliphatic carbocycles. The second kappa shape index (κ2) is 4.74. The lowest BCUT2D eigenvalue weighted by atomic mass is 10.1. The molecule has 0 heterocycles. The molecule has 1 N–H and O–H groups in total. The van der Waals surface area contributed by atoms with Crippen molar-refractivity contribution in [3.05, 3.63) is 33.8 Å². The molecule has 0 saturated heterocycles. The molecule has 0 radical (unpaired) electrons. The fraction of sp³-hybridized carbons (Fsp3) is 0.600. The summed E-state index contributed by atoms with van der Waals surface area (Å²) < 4.78 is 1.21. The molecule has 0 spiro atoms. The normalized spacial score (nSPS) is 31.8. The number of rotatable bonds is 2. The summed E-state index contributed by atoms with van der Waals surface area (Å²) in [6.45, 7) is 2.38. The van der Waals surface area contributed by atoms with E-state index in [9.17, 15) is 0 Å². The molecule has 1 aromatic rings. The Morgan fingerprint density at radius 2 is 2.12 bits per heavy atom. The van der Waals surface area contributed by atoms with E-state index >= 15 is 0 Å². The fourth-order valence-corrected chi connectivity index (χ4v) is 3.81. The van der Waals surface area contributed by atoms with E-state index in [0.29, 0.717) is 6.04 Å². The van der Waals surface area contributed by atoms with Gasteiger partial charge in [-0.1, -0.05) is 28.9 Å². The molecular weight excluding hydrogens is 274 g/mol. The van der Waals surface area contributed by atoms with Crippen LogP contribution in [0.3, 0.4) is 0 Å². The van der Waals surface area contributed by atoms with Gasteiger partial charge >= 0.3 is 0 Å². The molecule has 17 heavy (non-hydrogen) atoms. The Hall–Kier alpha value is -0.340. The molecule has 1 saturated carbocycles. The van der Waals surface area contributed by atoms with Gasteiger partial charge < -0.3 is 5.32 Å². The minimum absolute atomic E-state index is 0.605. The predicted octanol–water partition coefficient (Wildman–Crippen LogP) is 4.21. The number of fused-ring (bicyclic) bond motifs is 1. The first-order chi connectivity index (χ1) is 8.22. The van der Waals surface area contributed by atoms with E-state index < -0.39 is 0 Å². The van der Waals surface area contributed by atoms with Crippen molar-refractivity contribution in [1.82, 2.24) is 5.32 Å². The third kappa shape index (κ3) is 2.43. The summed E-state index contributed by atoms with van der Waals surface area (Å²) >= 11 is 3.56. The lowest BCUT2D eigenvalue weighted by Crippen LogP contribution is -2.29. The van der Waals surface area contributed by atoms with Crippen LogP contribution in [0.5, 0.6) is 0 Å². The number of aryl methyl sites for hydroxylation is 1. The van der Waals surface area contributed by atoms with Crippen molar-refractivity contribution in [3.8, 4) is 0 Å². The lowest BCUT2D eigenvalue weighted by molar-refractivity contribution is 0.428. The largest absolute Gasteiger partial charge is 0.307 e. The van der Waals surface area contributed by atoms with Crippen molar-refractivity contribution in [2.45, 2.75) is 51.1 Å². The lowest BCUT2D eigenvalue weighted by Gasteiger charge is -2.19. The van der Waals surface area contributed by atoms with Gasteiger partial charge in [0, 0.05) is 16.6 Å². The third-order valence-corrected chi connectivity index (χ3v) is 4.81. The van der Waals surface area contributed by atoms with Crippen molar-refractivity contribution < 1.29 is 0 Å². The Balaban J connectivity index is 1.71. The highest BCUT2D eigenvalue weighted by Crippen LogP contribution is 2.35. The smallest absolute Gasteiger partial charge is 0.0328 e. The average molecular weight is 294 g/mol. The van der Waals surface area contributed by atoms with Gasteiger partial charge in [-0.3, -0.25) is 0 Å². The van der Waals surface area contributed by atoms with Crippen molar-refractivity contribution in [2.75, 3.05) is 0 Å². The Bertz CT molecular complexity index is 415. The number of halogens is 1. The van der Waals surface area contributed by atoms with Crippen molar-refractivity contribution >= 4 is 15.9 Å². The fourth-order valence-electron chi connectivity index (χ4n) is 3.40. The molecule has 2 heteroatoms. The molecule has 0 amide bonds. The standard InChI is InChI=1S/C15H20BrN/c1-10-2-5-13(8-10)17-15-7-3-11-9-12(16)4-6-14(11)15/h4,6,9-10,13,15,17H,2-3,5,7-8H2,1H3. The van der Waals surface area contributed by atoms with Gasteiger partial charge in [-0.25, -0.2) is 0 Å². The minimum Gasteiger partial charge on any atom is -0.307 e. The second-order valence-corrected chi connectivity index (χ2v) is 6.63. The summed E-state index contributed by atoms with van der Waals surface area (Å²) in [5, 5.41) is 3.87. The van der Waals surface area contributed by atoms with Crippen LogP contribution in [0.15, 0.2) is 22.7 Å². The number of nitrogens with one attached hydrogen (secondary N) is 1. The molecule has 2 aliphatic rings. The second-order valence-electron chi connectivity index (χ2n) is 5.72. The maximum absolute atomic E-state index is 3.87. The molecule has 3 atom stereocenters. The minimum atomic E-state index is 0.605. The topological polar surface area (TPSA) is 12.0 Å². The first-order valence-corrected chi connectivity index (χ1v) is 7.56. The van der Waals surface area contributed by atoms with Gasteiger partial charge in [-0.05, 0) is 61.3 Å². The van der Waals surface area contributed by atoms with Crippen LogP contribution in [-0.4, -0.2) is 6.04 Å². The van der Waals surface area contributed by atoms with Crippen molar-refractivity contribution in [3.63, 3.8) is 0 Å². The van der Waals surface area contributed by atoms with Crippen molar-refractivity contribution in [1.29, 1.82) is 0 Å². The average Bonchev–Trinajstić information content (AvgIpc) is 2.86. The molecule has 0 bridgehead atoms. The summed E-state index contributed by atoms with van der Waals surface area (Å²) in [6.07, 6.45) is 6.63. The van der Waals surface area contributed by atoms with Crippen LogP contribution in [0.1, 0.15) is 49.8 Å². The Labute approximate surface area is 112 Å². The molecular formula is C15H20BrN. The zero-order chi connectivity index (χ0) is 11.8. The predicted molar refractivity (Wildman–Crippen MR) is 75.1 cm³/mol. The molecule has 1 fully saturated rings. The van der Waals surface area contributed by atoms with Gasteiger partial charge in [0.15, 0.2) is 0 Å². The summed E-state index contributed by atoms with van der Waals surface area (Å²) in [7, 11) is 0. The van der Waals surface area contributed by atoms with E-state index in [4.69, 9.17) is 0 Å². The van der Waals surface area contributed by atoms with E-state index in [1.54, 1.807) is 0 Å². The summed E-state index contributed by atoms with van der Waals surface area (Å²) in [5.74, 6) is 0.915. The van der Waals surface area contributed by atoms with E-state index in [2.05, 4.69) is 46.4 Å². The number of benzene rings is 1. The first-order valence-electron chi connectivity index (χ1n) is 6.77. The number of hydrogen-bond donors (Lipinski definition) is 1. The summed E-state index contributed by atoms with van der Waals surface area (Å²) in [6, 6.07) is 8.12. The zero-order valence-corrected chi connectivity index (χ0v) is 12.0. The molecule has 3 unspecified atom stereocenters. The van der Waals surface area contributed by atoms with Crippen LogP contribution >= 0.6 is 15.9 Å². The molecule has 0 aromatic heterocycles. The van der Waals surface area contributed by atoms with Crippen LogP contribution in [0.2, 0.25) is 0 Å². The Morgan fingerprint density at radius 3 is 2.88 bits per heavy atom. The van der Waals surface area contributed by atoms with Crippen LogP contribution in [0, 0.1) is 5.92 Å². The van der Waals surface area contributed by atoms with Gasteiger partial charge in [-0.2, -0.15) is 0 Å². The maximum atomic E-state index is 3.87. The summed E-state index contributed by atoms with van der Waals surface area (Å²) in [4.78, 5) is 0. The quantitative estimate of drug-likeness (QED) is 0.861. The maximum Gasteiger partial charge on any atom is 0.0328 e.